The molecule has 0 spiro atoms. The Morgan fingerprint density at radius 2 is 1.64 bits per heavy atom. The smallest absolute Gasteiger partial charge is 0.337 e. The molecule has 1 aromatic carbocycles. The predicted molar refractivity (Wildman–Crippen MR) is 85.6 cm³/mol. The minimum atomic E-state index is -0.665. The van der Waals surface area contributed by atoms with Crippen molar-refractivity contribution in [1.82, 2.24) is 4.98 Å². The number of rotatable bonds is 5. The number of aromatic nitrogens is 1. The van der Waals surface area contributed by atoms with Gasteiger partial charge in [-0.05, 0) is 30.3 Å². The zero-order valence-electron chi connectivity index (χ0n) is 13.5. The highest BCUT2D eigenvalue weighted by Crippen LogP contribution is 2.17. The van der Waals surface area contributed by atoms with Crippen molar-refractivity contribution in [3.05, 3.63) is 59.2 Å². The lowest BCUT2D eigenvalue weighted by Gasteiger charge is -2.09. The fraction of sp³-hybridized carbons (Fsp3) is 0.176. The molecule has 25 heavy (non-hydrogen) atoms. The van der Waals surface area contributed by atoms with Crippen molar-refractivity contribution in [2.45, 2.75) is 6.42 Å². The van der Waals surface area contributed by atoms with Crippen molar-refractivity contribution in [2.75, 3.05) is 19.5 Å². The molecule has 2 aromatic rings. The van der Waals surface area contributed by atoms with Crippen molar-refractivity contribution >= 4 is 23.5 Å². The van der Waals surface area contributed by atoms with Gasteiger partial charge in [-0.1, -0.05) is 0 Å². The molecule has 1 heterocycles. The Bertz CT molecular complexity index is 771. The van der Waals surface area contributed by atoms with Gasteiger partial charge in [0, 0.05) is 11.4 Å². The van der Waals surface area contributed by atoms with Crippen LogP contribution in [0.15, 0.2) is 36.5 Å². The monoisotopic (exact) mass is 346 g/mol. The number of pyridine rings is 1. The summed E-state index contributed by atoms with van der Waals surface area (Å²) in [5.41, 5.74) is 0.757. The van der Waals surface area contributed by atoms with Gasteiger partial charge in [0.1, 0.15) is 5.82 Å². The van der Waals surface area contributed by atoms with E-state index >= 15 is 0 Å². The van der Waals surface area contributed by atoms with Gasteiger partial charge in [-0.2, -0.15) is 0 Å². The fourth-order valence-corrected chi connectivity index (χ4v) is 2.05. The Hall–Kier alpha value is -3.29. The normalized spacial score (nSPS) is 10.0. The van der Waals surface area contributed by atoms with Crippen LogP contribution < -0.4 is 5.32 Å². The Morgan fingerprint density at radius 1 is 1.04 bits per heavy atom. The molecule has 1 aromatic heterocycles. The second-order valence-corrected chi connectivity index (χ2v) is 4.97. The maximum Gasteiger partial charge on any atom is 0.337 e. The van der Waals surface area contributed by atoms with Gasteiger partial charge in [0.05, 0.1) is 38.0 Å². The van der Waals surface area contributed by atoms with Crippen LogP contribution in [0.4, 0.5) is 10.1 Å². The summed E-state index contributed by atoms with van der Waals surface area (Å²) in [4.78, 5) is 39.3. The standard InChI is InChI=1S/C17H15FN2O5/c1-24-16(22)10-5-11(17(23)25-2)7-14(6-10)20-15(21)8-13-4-3-12(18)9-19-13/h3-7,9H,8H2,1-2H3,(H,20,21). The van der Waals surface area contributed by atoms with E-state index < -0.39 is 23.7 Å². The first kappa shape index (κ1) is 18.1. The summed E-state index contributed by atoms with van der Waals surface area (Å²) in [6, 6.07) is 6.62. The number of halogens is 1. The highest BCUT2D eigenvalue weighted by atomic mass is 19.1. The number of ether oxygens (including phenoxy) is 2. The maximum absolute atomic E-state index is 12.8. The summed E-state index contributed by atoms with van der Waals surface area (Å²) in [5, 5.41) is 2.56. The summed E-state index contributed by atoms with van der Waals surface area (Å²) in [6.45, 7) is 0. The summed E-state index contributed by atoms with van der Waals surface area (Å²) in [7, 11) is 2.40. The fourth-order valence-electron chi connectivity index (χ4n) is 2.05. The van der Waals surface area contributed by atoms with E-state index in [2.05, 4.69) is 19.8 Å². The minimum absolute atomic E-state index is 0.0839. The van der Waals surface area contributed by atoms with Crippen LogP contribution in [0, 0.1) is 5.82 Å². The van der Waals surface area contributed by atoms with E-state index in [1.807, 2.05) is 0 Å². The lowest BCUT2D eigenvalue weighted by atomic mass is 10.1. The molecule has 1 N–H and O–H groups in total. The number of nitrogens with one attached hydrogen (secondary N) is 1. The van der Waals surface area contributed by atoms with Crippen LogP contribution in [0.25, 0.3) is 0 Å². The van der Waals surface area contributed by atoms with E-state index in [-0.39, 0.29) is 23.2 Å². The first-order chi connectivity index (χ1) is 11.9. The number of esters is 2. The molecule has 0 saturated heterocycles. The first-order valence-corrected chi connectivity index (χ1v) is 7.15. The molecule has 0 aliphatic rings. The van der Waals surface area contributed by atoms with E-state index in [1.54, 1.807) is 0 Å². The van der Waals surface area contributed by atoms with E-state index in [0.717, 1.165) is 6.20 Å². The highest BCUT2D eigenvalue weighted by molar-refractivity contribution is 5.99. The number of hydrogen-bond donors (Lipinski definition) is 1. The topological polar surface area (TPSA) is 94.6 Å². The van der Waals surface area contributed by atoms with E-state index in [4.69, 9.17) is 0 Å². The largest absolute Gasteiger partial charge is 0.465 e. The van der Waals surface area contributed by atoms with Crippen LogP contribution in [0.2, 0.25) is 0 Å². The van der Waals surface area contributed by atoms with Gasteiger partial charge in [0.15, 0.2) is 0 Å². The average Bonchev–Trinajstić information content (AvgIpc) is 2.61. The van der Waals surface area contributed by atoms with Crippen molar-refractivity contribution in [3.63, 3.8) is 0 Å². The molecule has 0 aliphatic carbocycles. The molecule has 0 fully saturated rings. The molecule has 0 saturated carbocycles. The molecule has 2 rings (SSSR count). The van der Waals surface area contributed by atoms with E-state index in [0.29, 0.717) is 5.69 Å². The highest BCUT2D eigenvalue weighted by Gasteiger charge is 2.15. The van der Waals surface area contributed by atoms with Crippen LogP contribution >= 0.6 is 0 Å². The van der Waals surface area contributed by atoms with Gasteiger partial charge in [0.2, 0.25) is 5.91 Å². The maximum atomic E-state index is 12.8. The van der Waals surface area contributed by atoms with Gasteiger partial charge in [-0.25, -0.2) is 14.0 Å². The molecule has 0 radical (unpaired) electrons. The predicted octanol–water partition coefficient (Wildman–Crippen LogP) is 1.98. The number of anilines is 1. The molecule has 0 aliphatic heterocycles. The zero-order valence-corrected chi connectivity index (χ0v) is 13.5. The Kier molecular flexibility index (Phi) is 5.78. The van der Waals surface area contributed by atoms with Crippen LogP contribution in [0.3, 0.4) is 0 Å². The van der Waals surface area contributed by atoms with Crippen LogP contribution in [0.5, 0.6) is 0 Å². The van der Waals surface area contributed by atoms with Gasteiger partial charge in [-0.3, -0.25) is 9.78 Å². The summed E-state index contributed by atoms with van der Waals surface area (Å²) in [5.74, 6) is -2.28. The van der Waals surface area contributed by atoms with Gasteiger partial charge in [0.25, 0.3) is 0 Å². The summed E-state index contributed by atoms with van der Waals surface area (Å²) in [6.07, 6.45) is 0.909. The molecular weight excluding hydrogens is 331 g/mol. The second-order valence-electron chi connectivity index (χ2n) is 4.97. The first-order valence-electron chi connectivity index (χ1n) is 7.15. The Morgan fingerprint density at radius 3 is 2.12 bits per heavy atom. The SMILES string of the molecule is COC(=O)c1cc(NC(=O)Cc2ccc(F)cn2)cc(C(=O)OC)c1. The summed E-state index contributed by atoms with van der Waals surface area (Å²) < 4.78 is 22.1. The van der Waals surface area contributed by atoms with Gasteiger partial charge in [-0.15, -0.1) is 0 Å². The number of methoxy groups -OCH3 is 2. The molecule has 0 unspecified atom stereocenters. The summed E-state index contributed by atoms with van der Waals surface area (Å²) >= 11 is 0. The van der Waals surface area contributed by atoms with Gasteiger partial charge < -0.3 is 14.8 Å². The van der Waals surface area contributed by atoms with Gasteiger partial charge >= 0.3 is 11.9 Å². The van der Waals surface area contributed by atoms with Crippen molar-refractivity contribution in [3.8, 4) is 0 Å². The van der Waals surface area contributed by atoms with Crippen molar-refractivity contribution in [1.29, 1.82) is 0 Å². The van der Waals surface area contributed by atoms with Crippen LogP contribution in [0.1, 0.15) is 26.4 Å². The van der Waals surface area contributed by atoms with Crippen LogP contribution in [-0.4, -0.2) is 37.0 Å². The molecular formula is C17H15FN2O5. The quantitative estimate of drug-likeness (QED) is 0.832. The number of carbonyl (C=O) groups excluding carboxylic acids is 3. The molecule has 130 valence electrons. The third kappa shape index (κ3) is 4.84. The number of nitrogens with zero attached hydrogens (tertiary/aromatic N) is 1. The third-order valence-corrected chi connectivity index (χ3v) is 3.19. The average molecular weight is 346 g/mol. The lowest BCUT2D eigenvalue weighted by molar-refractivity contribution is -0.115. The van der Waals surface area contributed by atoms with Crippen LogP contribution in [-0.2, 0) is 20.7 Å². The second kappa shape index (κ2) is 8.00. The molecule has 8 heteroatoms. The Labute approximate surface area is 142 Å². The molecule has 0 bridgehead atoms. The van der Waals surface area contributed by atoms with E-state index in [9.17, 15) is 18.8 Å². The zero-order chi connectivity index (χ0) is 18.4. The molecule has 7 nitrogen and oxygen atoms in total. The van der Waals surface area contributed by atoms with Crippen molar-refractivity contribution < 1.29 is 28.2 Å². The number of benzene rings is 1. The number of carbonyl (C=O) groups is 3. The lowest BCUT2D eigenvalue weighted by Crippen LogP contribution is -2.16. The molecule has 1 amide bonds. The molecule has 0 atom stereocenters. The minimum Gasteiger partial charge on any atom is -0.465 e. The number of amides is 1. The third-order valence-electron chi connectivity index (χ3n) is 3.19. The van der Waals surface area contributed by atoms with Crippen molar-refractivity contribution in [2.24, 2.45) is 0 Å². The van der Waals surface area contributed by atoms with E-state index in [1.165, 1.54) is 44.6 Å². The Balaban J connectivity index is 2.21. The number of hydrogen-bond acceptors (Lipinski definition) is 6.